The van der Waals surface area contributed by atoms with Crippen molar-refractivity contribution in [2.45, 2.75) is 25.3 Å². The van der Waals surface area contributed by atoms with Gasteiger partial charge in [0.05, 0.1) is 24.4 Å². The molecule has 3 aliphatic heterocycles. The molecule has 0 saturated carbocycles. The van der Waals surface area contributed by atoms with E-state index >= 15 is 0 Å². The third-order valence-corrected chi connectivity index (χ3v) is 6.63. The second kappa shape index (κ2) is 8.58. The van der Waals surface area contributed by atoms with Crippen LogP contribution in [0.1, 0.15) is 36.4 Å². The fraction of sp³-hybridized carbons (Fsp3) is 0.292. The minimum absolute atomic E-state index is 0.0357. The molecule has 2 aromatic rings. The van der Waals surface area contributed by atoms with E-state index < -0.39 is 0 Å². The highest BCUT2D eigenvalue weighted by Crippen LogP contribution is 2.43. The Balaban J connectivity index is 1.60. The molecule has 0 aromatic heterocycles. The van der Waals surface area contributed by atoms with Crippen LogP contribution in [0, 0.1) is 0 Å². The number of hydrogen-bond acceptors (Lipinski definition) is 5. The molecule has 1 saturated heterocycles. The van der Waals surface area contributed by atoms with Crippen LogP contribution in [0.15, 0.2) is 76.3 Å². The van der Waals surface area contributed by atoms with Crippen molar-refractivity contribution in [1.82, 2.24) is 15.3 Å². The molecule has 160 valence electrons. The molecule has 0 aliphatic carbocycles. The molecule has 1 fully saturated rings. The highest BCUT2D eigenvalue weighted by Gasteiger charge is 2.40. The summed E-state index contributed by atoms with van der Waals surface area (Å²) in [6.07, 6.45) is 3.62. The standard InChI is InChI=1S/C24H24Cl2N4O/c1-31-18-12-10-16(11-13-18)19-22(25)27-24-21(29-14-6-3-7-15-29)20(28-30(24)23(19)26)17-8-4-2-5-9-17/h2,4-5,8-13,20,28H,3,6-7,14-15H2,1H3. The highest BCUT2D eigenvalue weighted by molar-refractivity contribution is 6.77. The number of aliphatic imine (C=N–C) groups is 1. The van der Waals surface area contributed by atoms with Gasteiger partial charge in [0.1, 0.15) is 16.1 Å². The quantitative estimate of drug-likeness (QED) is 0.621. The van der Waals surface area contributed by atoms with Crippen LogP contribution in [-0.4, -0.2) is 35.3 Å². The lowest BCUT2D eigenvalue weighted by Crippen LogP contribution is -2.35. The highest BCUT2D eigenvalue weighted by atomic mass is 35.5. The number of nitrogens with zero attached hydrogens (tertiary/aromatic N) is 3. The van der Waals surface area contributed by atoms with Gasteiger partial charge in [-0.1, -0.05) is 65.7 Å². The Kier molecular flexibility index (Phi) is 5.65. The van der Waals surface area contributed by atoms with E-state index in [0.29, 0.717) is 15.9 Å². The van der Waals surface area contributed by atoms with E-state index in [1.165, 1.54) is 24.8 Å². The molecule has 0 spiro atoms. The second-order valence-corrected chi connectivity index (χ2v) is 8.58. The van der Waals surface area contributed by atoms with Crippen molar-refractivity contribution in [2.75, 3.05) is 20.2 Å². The van der Waals surface area contributed by atoms with E-state index in [1.807, 2.05) is 35.3 Å². The van der Waals surface area contributed by atoms with Gasteiger partial charge in [0.25, 0.3) is 0 Å². The lowest BCUT2D eigenvalue weighted by atomic mass is 10.0. The molecule has 0 radical (unpaired) electrons. The van der Waals surface area contributed by atoms with Crippen LogP contribution < -0.4 is 10.2 Å². The van der Waals surface area contributed by atoms with Crippen LogP contribution in [0.4, 0.5) is 0 Å². The molecule has 0 amide bonds. The normalized spacial score (nSPS) is 21.4. The third-order valence-electron chi connectivity index (χ3n) is 5.99. The number of benzene rings is 2. The summed E-state index contributed by atoms with van der Waals surface area (Å²) in [6, 6.07) is 18.1. The smallest absolute Gasteiger partial charge is 0.171 e. The number of hydrogen-bond donors (Lipinski definition) is 1. The van der Waals surface area contributed by atoms with Gasteiger partial charge >= 0.3 is 0 Å². The SMILES string of the molecule is COc1ccc(C2=C(Cl)N3NC(c4ccccc4)C(N4CCCCC4)=C3N=C2Cl)cc1. The molecule has 5 nitrogen and oxygen atoms in total. The average Bonchev–Trinajstić information content (AvgIpc) is 3.20. The van der Waals surface area contributed by atoms with Crippen molar-refractivity contribution >= 4 is 33.9 Å². The van der Waals surface area contributed by atoms with Crippen molar-refractivity contribution in [3.05, 3.63) is 82.4 Å². The maximum Gasteiger partial charge on any atom is 0.171 e. The van der Waals surface area contributed by atoms with E-state index in [-0.39, 0.29) is 6.04 Å². The van der Waals surface area contributed by atoms with Crippen molar-refractivity contribution in [3.63, 3.8) is 0 Å². The van der Waals surface area contributed by atoms with Crippen molar-refractivity contribution in [2.24, 2.45) is 4.99 Å². The molecule has 1 atom stereocenters. The van der Waals surface area contributed by atoms with Crippen molar-refractivity contribution < 1.29 is 4.74 Å². The number of ether oxygens (including phenoxy) is 1. The van der Waals surface area contributed by atoms with Gasteiger partial charge in [-0.3, -0.25) is 0 Å². The molecule has 1 unspecified atom stereocenters. The number of rotatable bonds is 4. The minimum Gasteiger partial charge on any atom is -0.497 e. The number of piperidine rings is 1. The van der Waals surface area contributed by atoms with Gasteiger partial charge in [-0.2, -0.15) is 0 Å². The first kappa shape index (κ1) is 20.4. The zero-order valence-electron chi connectivity index (χ0n) is 17.3. The van der Waals surface area contributed by atoms with Gasteiger partial charge in [-0.25, -0.2) is 15.4 Å². The predicted molar refractivity (Wildman–Crippen MR) is 126 cm³/mol. The lowest BCUT2D eigenvalue weighted by Gasteiger charge is -2.32. The summed E-state index contributed by atoms with van der Waals surface area (Å²) in [5.41, 5.74) is 7.49. The van der Waals surface area contributed by atoms with Crippen LogP contribution in [0.25, 0.3) is 5.57 Å². The fourth-order valence-corrected chi connectivity index (χ4v) is 5.08. The van der Waals surface area contributed by atoms with Crippen LogP contribution in [0.5, 0.6) is 5.75 Å². The molecular formula is C24H24Cl2N4O. The molecule has 3 heterocycles. The van der Waals surface area contributed by atoms with E-state index in [4.69, 9.17) is 32.9 Å². The fourth-order valence-electron chi connectivity index (χ4n) is 4.43. The number of allylic oxidation sites excluding steroid dienone is 1. The molecule has 3 aliphatic rings. The third kappa shape index (κ3) is 3.71. The molecule has 5 rings (SSSR count). The Bertz CT molecular complexity index is 1060. The molecule has 7 heteroatoms. The van der Waals surface area contributed by atoms with Gasteiger partial charge in [0.15, 0.2) is 5.82 Å². The van der Waals surface area contributed by atoms with Gasteiger partial charge in [-0.15, -0.1) is 0 Å². The van der Waals surface area contributed by atoms with Gasteiger partial charge in [-0.05, 0) is 42.5 Å². The molecule has 2 aromatic carbocycles. The van der Waals surface area contributed by atoms with E-state index in [0.717, 1.165) is 35.9 Å². The number of nitrogens with one attached hydrogen (secondary N) is 1. The van der Waals surface area contributed by atoms with Crippen LogP contribution in [0.2, 0.25) is 0 Å². The zero-order valence-corrected chi connectivity index (χ0v) is 18.8. The van der Waals surface area contributed by atoms with Crippen LogP contribution in [0.3, 0.4) is 0 Å². The summed E-state index contributed by atoms with van der Waals surface area (Å²) in [4.78, 5) is 7.27. The Morgan fingerprint density at radius 3 is 2.35 bits per heavy atom. The number of fused-ring (bicyclic) bond motifs is 1. The van der Waals surface area contributed by atoms with Gasteiger partial charge in [0, 0.05) is 13.1 Å². The molecule has 1 N–H and O–H groups in total. The maximum atomic E-state index is 6.94. The van der Waals surface area contributed by atoms with Gasteiger partial charge < -0.3 is 9.64 Å². The largest absolute Gasteiger partial charge is 0.497 e. The Morgan fingerprint density at radius 2 is 1.68 bits per heavy atom. The summed E-state index contributed by atoms with van der Waals surface area (Å²) in [6.45, 7) is 2.02. The molecule has 31 heavy (non-hydrogen) atoms. The van der Waals surface area contributed by atoms with Crippen LogP contribution in [-0.2, 0) is 0 Å². The first-order valence-corrected chi connectivity index (χ1v) is 11.3. The first-order valence-electron chi connectivity index (χ1n) is 10.6. The summed E-state index contributed by atoms with van der Waals surface area (Å²) in [7, 11) is 1.65. The van der Waals surface area contributed by atoms with E-state index in [9.17, 15) is 0 Å². The Labute approximate surface area is 192 Å². The average molecular weight is 455 g/mol. The lowest BCUT2D eigenvalue weighted by molar-refractivity contribution is 0.263. The maximum absolute atomic E-state index is 6.94. The van der Waals surface area contributed by atoms with Crippen molar-refractivity contribution in [3.8, 4) is 5.75 Å². The molecular weight excluding hydrogens is 431 g/mol. The monoisotopic (exact) mass is 454 g/mol. The topological polar surface area (TPSA) is 40.1 Å². The summed E-state index contributed by atoms with van der Waals surface area (Å²) in [5, 5.41) is 2.80. The number of halogens is 2. The number of likely N-dealkylation sites (tertiary alicyclic amines) is 1. The molecule has 0 bridgehead atoms. The zero-order chi connectivity index (χ0) is 21.4. The summed E-state index contributed by atoms with van der Waals surface area (Å²) < 4.78 is 5.28. The van der Waals surface area contributed by atoms with Crippen LogP contribution >= 0.6 is 23.2 Å². The van der Waals surface area contributed by atoms with Gasteiger partial charge in [0.2, 0.25) is 0 Å². The van der Waals surface area contributed by atoms with Crippen molar-refractivity contribution in [1.29, 1.82) is 0 Å². The Morgan fingerprint density at radius 1 is 0.968 bits per heavy atom. The summed E-state index contributed by atoms with van der Waals surface area (Å²) >= 11 is 13.7. The number of methoxy groups -OCH3 is 1. The van der Waals surface area contributed by atoms with E-state index in [2.05, 4.69) is 34.6 Å². The summed E-state index contributed by atoms with van der Waals surface area (Å²) in [5.74, 6) is 1.56. The minimum atomic E-state index is -0.0357. The first-order chi connectivity index (χ1) is 15.2. The predicted octanol–water partition coefficient (Wildman–Crippen LogP) is 5.47. The number of hydrazine groups is 1. The van der Waals surface area contributed by atoms with E-state index in [1.54, 1.807) is 7.11 Å². The Hall–Kier alpha value is -2.47. The second-order valence-electron chi connectivity index (χ2n) is 7.86.